The Morgan fingerprint density at radius 3 is 2.93 bits per heavy atom. The highest BCUT2D eigenvalue weighted by molar-refractivity contribution is 5.79. The number of benzene rings is 1. The molecule has 3 aromatic rings. The Morgan fingerprint density at radius 1 is 1.24 bits per heavy atom. The Bertz CT molecular complexity index is 959. The monoisotopic (exact) mass is 392 g/mol. The maximum atomic E-state index is 12.8. The molecule has 3 heterocycles. The fourth-order valence-corrected chi connectivity index (χ4v) is 3.61. The van der Waals surface area contributed by atoms with Crippen molar-refractivity contribution in [3.05, 3.63) is 60.7 Å². The second-order valence-electron chi connectivity index (χ2n) is 7.00. The van der Waals surface area contributed by atoms with Crippen LogP contribution in [0.2, 0.25) is 0 Å². The van der Waals surface area contributed by atoms with Crippen molar-refractivity contribution in [3.8, 4) is 11.6 Å². The Kier molecular flexibility index (Phi) is 5.69. The molecular weight excluding hydrogens is 368 g/mol. The van der Waals surface area contributed by atoms with Gasteiger partial charge in [0.05, 0.1) is 13.0 Å². The zero-order chi connectivity index (χ0) is 20.1. The summed E-state index contributed by atoms with van der Waals surface area (Å²) in [5.74, 6) is 2.28. The van der Waals surface area contributed by atoms with E-state index in [0.29, 0.717) is 18.9 Å². The highest BCUT2D eigenvalue weighted by atomic mass is 16.5. The molecule has 1 fully saturated rings. The number of amides is 1. The fourth-order valence-electron chi connectivity index (χ4n) is 3.61. The van der Waals surface area contributed by atoms with Crippen LogP contribution in [0.15, 0.2) is 55.1 Å². The van der Waals surface area contributed by atoms with Crippen LogP contribution in [0.1, 0.15) is 18.4 Å². The molecule has 1 amide bonds. The molecular formula is C21H24N6O2. The van der Waals surface area contributed by atoms with E-state index in [1.54, 1.807) is 18.0 Å². The van der Waals surface area contributed by atoms with Gasteiger partial charge < -0.3 is 15.0 Å². The summed E-state index contributed by atoms with van der Waals surface area (Å²) in [4.78, 5) is 23.6. The van der Waals surface area contributed by atoms with Gasteiger partial charge in [0.2, 0.25) is 5.91 Å². The first kappa shape index (κ1) is 18.9. The van der Waals surface area contributed by atoms with Gasteiger partial charge in [0.1, 0.15) is 17.9 Å². The third-order valence-corrected chi connectivity index (χ3v) is 5.14. The van der Waals surface area contributed by atoms with Crippen LogP contribution in [0, 0.1) is 5.92 Å². The number of ether oxygens (including phenoxy) is 1. The Labute approximate surface area is 169 Å². The number of para-hydroxylation sites is 1. The second kappa shape index (κ2) is 8.72. The van der Waals surface area contributed by atoms with Gasteiger partial charge in [0.15, 0.2) is 5.82 Å². The van der Waals surface area contributed by atoms with Crippen LogP contribution >= 0.6 is 0 Å². The molecule has 1 atom stereocenters. The third kappa shape index (κ3) is 4.37. The average molecular weight is 392 g/mol. The van der Waals surface area contributed by atoms with E-state index in [1.807, 2.05) is 42.6 Å². The van der Waals surface area contributed by atoms with Crippen LogP contribution < -0.4 is 15.0 Å². The predicted octanol–water partition coefficient (Wildman–Crippen LogP) is 2.20. The molecule has 8 nitrogen and oxygen atoms in total. The first-order valence-electron chi connectivity index (χ1n) is 9.71. The number of carbonyl (C=O) groups excluding carboxylic acids is 1. The zero-order valence-electron chi connectivity index (χ0n) is 16.4. The van der Waals surface area contributed by atoms with Crippen molar-refractivity contribution in [1.82, 2.24) is 25.1 Å². The SMILES string of the molecule is COc1ccccc1CNC(=O)[C@H]1CCCN(c2cc(-n3cccn3)ncn2)C1. The Morgan fingerprint density at radius 2 is 2.10 bits per heavy atom. The molecule has 0 radical (unpaired) electrons. The van der Waals surface area contributed by atoms with Crippen molar-refractivity contribution in [1.29, 1.82) is 0 Å². The first-order chi connectivity index (χ1) is 14.2. The van der Waals surface area contributed by atoms with E-state index in [1.165, 1.54) is 6.33 Å². The number of hydrogen-bond acceptors (Lipinski definition) is 6. The number of carbonyl (C=O) groups is 1. The molecule has 1 aromatic carbocycles. The van der Waals surface area contributed by atoms with E-state index in [2.05, 4.69) is 25.3 Å². The molecule has 1 saturated heterocycles. The summed E-state index contributed by atoms with van der Waals surface area (Å²) in [7, 11) is 1.64. The minimum absolute atomic E-state index is 0.0574. The first-order valence-corrected chi connectivity index (χ1v) is 9.71. The topological polar surface area (TPSA) is 85.2 Å². The van der Waals surface area contributed by atoms with Gasteiger partial charge in [-0.25, -0.2) is 14.6 Å². The molecule has 0 bridgehead atoms. The lowest BCUT2D eigenvalue weighted by Gasteiger charge is -2.33. The van der Waals surface area contributed by atoms with Crippen molar-refractivity contribution in [2.45, 2.75) is 19.4 Å². The van der Waals surface area contributed by atoms with E-state index in [0.717, 1.165) is 36.5 Å². The highest BCUT2D eigenvalue weighted by Gasteiger charge is 2.26. The zero-order valence-corrected chi connectivity index (χ0v) is 16.4. The van der Waals surface area contributed by atoms with Gasteiger partial charge in [-0.2, -0.15) is 5.10 Å². The number of anilines is 1. The van der Waals surface area contributed by atoms with Crippen molar-refractivity contribution in [2.24, 2.45) is 5.92 Å². The number of nitrogens with zero attached hydrogens (tertiary/aromatic N) is 5. The summed E-state index contributed by atoms with van der Waals surface area (Å²) in [5, 5.41) is 7.27. The smallest absolute Gasteiger partial charge is 0.225 e. The summed E-state index contributed by atoms with van der Waals surface area (Å²) in [5.41, 5.74) is 0.968. The molecule has 4 rings (SSSR count). The largest absolute Gasteiger partial charge is 0.496 e. The molecule has 0 aliphatic carbocycles. The quantitative estimate of drug-likeness (QED) is 0.692. The highest BCUT2D eigenvalue weighted by Crippen LogP contribution is 2.23. The van der Waals surface area contributed by atoms with Gasteiger partial charge in [-0.05, 0) is 25.0 Å². The number of rotatable bonds is 6. The maximum absolute atomic E-state index is 12.8. The number of nitrogens with one attached hydrogen (secondary N) is 1. The second-order valence-corrected chi connectivity index (χ2v) is 7.00. The summed E-state index contributed by atoms with van der Waals surface area (Å²) in [6, 6.07) is 11.5. The van der Waals surface area contributed by atoms with Gasteiger partial charge >= 0.3 is 0 Å². The molecule has 0 spiro atoms. The Hall–Kier alpha value is -3.42. The van der Waals surface area contributed by atoms with Gasteiger partial charge in [0, 0.05) is 43.7 Å². The van der Waals surface area contributed by atoms with Crippen LogP contribution in [0.4, 0.5) is 5.82 Å². The molecule has 1 N–H and O–H groups in total. The van der Waals surface area contributed by atoms with E-state index < -0.39 is 0 Å². The van der Waals surface area contributed by atoms with Gasteiger partial charge in [-0.15, -0.1) is 0 Å². The Balaban J connectivity index is 1.40. The van der Waals surface area contributed by atoms with Crippen molar-refractivity contribution >= 4 is 11.7 Å². The lowest BCUT2D eigenvalue weighted by Crippen LogP contribution is -2.43. The number of piperidine rings is 1. The maximum Gasteiger partial charge on any atom is 0.225 e. The van der Waals surface area contributed by atoms with Crippen LogP contribution in [-0.4, -0.2) is 45.9 Å². The predicted molar refractivity (Wildman–Crippen MR) is 109 cm³/mol. The summed E-state index contributed by atoms with van der Waals surface area (Å²) in [6.07, 6.45) is 6.90. The number of hydrogen-bond donors (Lipinski definition) is 1. The molecule has 0 saturated carbocycles. The third-order valence-electron chi connectivity index (χ3n) is 5.14. The van der Waals surface area contributed by atoms with Gasteiger partial charge in [-0.3, -0.25) is 4.79 Å². The van der Waals surface area contributed by atoms with E-state index >= 15 is 0 Å². The lowest BCUT2D eigenvalue weighted by molar-refractivity contribution is -0.125. The normalized spacial score (nSPS) is 16.4. The molecule has 2 aromatic heterocycles. The minimum Gasteiger partial charge on any atom is -0.496 e. The summed E-state index contributed by atoms with van der Waals surface area (Å²) >= 11 is 0. The molecule has 29 heavy (non-hydrogen) atoms. The van der Waals surface area contributed by atoms with Crippen molar-refractivity contribution < 1.29 is 9.53 Å². The molecule has 1 aliphatic heterocycles. The minimum atomic E-state index is -0.0819. The van der Waals surface area contributed by atoms with Crippen LogP contribution in [-0.2, 0) is 11.3 Å². The van der Waals surface area contributed by atoms with Crippen LogP contribution in [0.3, 0.4) is 0 Å². The fraction of sp³-hybridized carbons (Fsp3) is 0.333. The molecule has 8 heteroatoms. The van der Waals surface area contributed by atoms with E-state index in [9.17, 15) is 4.79 Å². The molecule has 1 aliphatic rings. The summed E-state index contributed by atoms with van der Waals surface area (Å²) < 4.78 is 7.06. The van der Waals surface area contributed by atoms with Crippen molar-refractivity contribution in [3.63, 3.8) is 0 Å². The number of aromatic nitrogens is 4. The number of methoxy groups -OCH3 is 1. The van der Waals surface area contributed by atoms with Crippen LogP contribution in [0.5, 0.6) is 5.75 Å². The molecule has 0 unspecified atom stereocenters. The van der Waals surface area contributed by atoms with Crippen LogP contribution in [0.25, 0.3) is 5.82 Å². The average Bonchev–Trinajstić information content (AvgIpc) is 3.33. The van der Waals surface area contributed by atoms with Crippen molar-refractivity contribution in [2.75, 3.05) is 25.1 Å². The molecule has 150 valence electrons. The van der Waals surface area contributed by atoms with Gasteiger partial charge in [0.25, 0.3) is 0 Å². The van der Waals surface area contributed by atoms with E-state index in [4.69, 9.17) is 4.74 Å². The van der Waals surface area contributed by atoms with E-state index in [-0.39, 0.29) is 11.8 Å². The summed E-state index contributed by atoms with van der Waals surface area (Å²) in [6.45, 7) is 1.95. The van der Waals surface area contributed by atoms with Gasteiger partial charge in [-0.1, -0.05) is 18.2 Å². The standard InChI is InChI=1S/C21H24N6O2/c1-29-18-8-3-2-6-16(18)13-22-21(28)17-7-4-10-26(14-17)19-12-20(24-15-23-19)27-11-5-9-25-27/h2-3,5-6,8-9,11-12,15,17H,4,7,10,13-14H2,1H3,(H,22,28)/t17-/m0/s1. The lowest BCUT2D eigenvalue weighted by atomic mass is 9.97.